The number of rotatable bonds is 5. The Morgan fingerprint density at radius 1 is 1.25 bits per heavy atom. The molecule has 1 aromatic heterocycles. The third-order valence-corrected chi connectivity index (χ3v) is 3.99. The van der Waals surface area contributed by atoms with Gasteiger partial charge in [0.25, 0.3) is 0 Å². The molecule has 1 N–H and O–H groups in total. The molecule has 1 unspecified atom stereocenters. The molecular weight excluding hydrogens is 304 g/mol. The van der Waals surface area contributed by atoms with E-state index in [-0.39, 0.29) is 24.3 Å². The molecule has 0 bridgehead atoms. The third kappa shape index (κ3) is 4.38. The van der Waals surface area contributed by atoms with Crippen molar-refractivity contribution in [1.29, 1.82) is 0 Å². The molecule has 2 rings (SSSR count). The highest BCUT2D eigenvalue weighted by Gasteiger charge is 2.21. The molecule has 0 aliphatic rings. The number of hydrogen-bond donors (Lipinski definition) is 1. The van der Waals surface area contributed by atoms with Gasteiger partial charge in [-0.25, -0.2) is 9.97 Å². The van der Waals surface area contributed by atoms with Crippen LogP contribution < -0.4 is 5.32 Å². The summed E-state index contributed by atoms with van der Waals surface area (Å²) < 4.78 is 0. The Labute approximate surface area is 141 Å². The first-order valence-electron chi connectivity index (χ1n) is 7.77. The number of nitrogens with one attached hydrogen (secondary N) is 1. The fourth-order valence-electron chi connectivity index (χ4n) is 2.29. The Kier molecular flexibility index (Phi) is 5.63. The van der Waals surface area contributed by atoms with Crippen LogP contribution in [0.4, 0.5) is 5.69 Å². The normalized spacial score (nSPS) is 11.7. The molecule has 1 atom stereocenters. The lowest BCUT2D eigenvalue weighted by atomic mass is 10.1. The smallest absolute Gasteiger partial charge is 0.233 e. The number of benzene rings is 1. The molecule has 0 spiro atoms. The van der Waals surface area contributed by atoms with Crippen LogP contribution in [0.2, 0.25) is 0 Å². The zero-order valence-electron chi connectivity index (χ0n) is 14.4. The van der Waals surface area contributed by atoms with Crippen molar-refractivity contribution < 1.29 is 9.59 Å². The van der Waals surface area contributed by atoms with E-state index < -0.39 is 0 Å². The molecule has 1 heterocycles. The number of carbonyl (C=O) groups excluding carboxylic acids is 2. The topological polar surface area (TPSA) is 75.2 Å². The second-order valence-electron chi connectivity index (χ2n) is 5.86. The summed E-state index contributed by atoms with van der Waals surface area (Å²) in [6, 6.07) is 7.34. The zero-order chi connectivity index (χ0) is 17.7. The summed E-state index contributed by atoms with van der Waals surface area (Å²) in [6.07, 6.45) is 2.86. The fraction of sp³-hybridized carbons (Fsp3) is 0.333. The van der Waals surface area contributed by atoms with Crippen LogP contribution in [0.1, 0.15) is 36.2 Å². The van der Waals surface area contributed by atoms with Gasteiger partial charge in [0, 0.05) is 18.9 Å². The molecule has 0 saturated heterocycles. The lowest BCUT2D eigenvalue weighted by molar-refractivity contribution is -0.135. The van der Waals surface area contributed by atoms with Crippen LogP contribution in [0.5, 0.6) is 0 Å². The average molecular weight is 326 g/mol. The van der Waals surface area contributed by atoms with Gasteiger partial charge in [0.2, 0.25) is 11.8 Å². The van der Waals surface area contributed by atoms with E-state index in [0.29, 0.717) is 0 Å². The van der Waals surface area contributed by atoms with E-state index in [0.717, 1.165) is 22.5 Å². The standard InChI is InChI=1S/C18H22N4O2/c1-12-5-6-13(2)16(9-12)21-17(23)10-18(24)22(4)14(3)15-7-8-19-11-20-15/h5-9,11,14H,10H2,1-4H3,(H,21,23). The van der Waals surface area contributed by atoms with Crippen LogP contribution >= 0.6 is 0 Å². The van der Waals surface area contributed by atoms with E-state index in [9.17, 15) is 9.59 Å². The number of aromatic nitrogens is 2. The minimum Gasteiger partial charge on any atom is -0.337 e. The number of amides is 2. The lowest BCUT2D eigenvalue weighted by Crippen LogP contribution is -2.33. The molecular formula is C18H22N4O2. The van der Waals surface area contributed by atoms with Gasteiger partial charge in [-0.1, -0.05) is 12.1 Å². The van der Waals surface area contributed by atoms with E-state index in [4.69, 9.17) is 0 Å². The summed E-state index contributed by atoms with van der Waals surface area (Å²) in [7, 11) is 1.67. The minimum atomic E-state index is -0.324. The van der Waals surface area contributed by atoms with Crippen LogP contribution in [0, 0.1) is 13.8 Å². The van der Waals surface area contributed by atoms with Gasteiger partial charge >= 0.3 is 0 Å². The van der Waals surface area contributed by atoms with Crippen molar-refractivity contribution in [3.05, 3.63) is 53.6 Å². The quantitative estimate of drug-likeness (QED) is 0.857. The number of anilines is 1. The first kappa shape index (κ1) is 17.6. The monoisotopic (exact) mass is 326 g/mol. The lowest BCUT2D eigenvalue weighted by Gasteiger charge is -2.24. The van der Waals surface area contributed by atoms with Gasteiger partial charge in [-0.05, 0) is 44.0 Å². The highest BCUT2D eigenvalue weighted by Crippen LogP contribution is 2.18. The van der Waals surface area contributed by atoms with E-state index in [1.807, 2.05) is 39.0 Å². The van der Waals surface area contributed by atoms with Gasteiger partial charge in [-0.2, -0.15) is 0 Å². The Bertz CT molecular complexity index is 731. The van der Waals surface area contributed by atoms with Gasteiger partial charge in [-0.3, -0.25) is 9.59 Å². The summed E-state index contributed by atoms with van der Waals surface area (Å²) in [5, 5.41) is 2.80. The molecule has 6 nitrogen and oxygen atoms in total. The summed E-state index contributed by atoms with van der Waals surface area (Å²) >= 11 is 0. The molecule has 2 amide bonds. The maximum atomic E-state index is 12.3. The molecule has 2 aromatic rings. The third-order valence-electron chi connectivity index (χ3n) is 3.99. The maximum Gasteiger partial charge on any atom is 0.233 e. The molecule has 0 saturated carbocycles. The van der Waals surface area contributed by atoms with E-state index in [1.54, 1.807) is 19.3 Å². The fourth-order valence-corrected chi connectivity index (χ4v) is 2.29. The van der Waals surface area contributed by atoms with Gasteiger partial charge in [-0.15, -0.1) is 0 Å². The van der Waals surface area contributed by atoms with Crippen molar-refractivity contribution in [3.8, 4) is 0 Å². The predicted octanol–water partition coefficient (Wildman–Crippen LogP) is 2.64. The van der Waals surface area contributed by atoms with Crippen molar-refractivity contribution in [1.82, 2.24) is 14.9 Å². The van der Waals surface area contributed by atoms with Crippen LogP contribution in [0.25, 0.3) is 0 Å². The number of carbonyl (C=O) groups is 2. The second kappa shape index (κ2) is 7.68. The molecule has 0 radical (unpaired) electrons. The van der Waals surface area contributed by atoms with Crippen molar-refractivity contribution in [3.63, 3.8) is 0 Å². The Morgan fingerprint density at radius 3 is 2.67 bits per heavy atom. The summed E-state index contributed by atoms with van der Waals surface area (Å²) in [6.45, 7) is 5.74. The number of nitrogens with zero attached hydrogens (tertiary/aromatic N) is 3. The Morgan fingerprint density at radius 2 is 2.00 bits per heavy atom. The molecule has 0 aliphatic carbocycles. The number of hydrogen-bond acceptors (Lipinski definition) is 4. The first-order valence-corrected chi connectivity index (χ1v) is 7.77. The van der Waals surface area contributed by atoms with Crippen molar-refractivity contribution in [2.75, 3.05) is 12.4 Å². The molecule has 1 aromatic carbocycles. The number of aryl methyl sites for hydroxylation is 2. The van der Waals surface area contributed by atoms with Crippen molar-refractivity contribution in [2.24, 2.45) is 0 Å². The molecule has 0 fully saturated rings. The largest absolute Gasteiger partial charge is 0.337 e. The molecule has 6 heteroatoms. The van der Waals surface area contributed by atoms with Crippen molar-refractivity contribution >= 4 is 17.5 Å². The van der Waals surface area contributed by atoms with Gasteiger partial charge < -0.3 is 10.2 Å². The van der Waals surface area contributed by atoms with Gasteiger partial charge in [0.1, 0.15) is 12.7 Å². The van der Waals surface area contributed by atoms with Crippen LogP contribution in [-0.4, -0.2) is 33.7 Å². The molecule has 24 heavy (non-hydrogen) atoms. The van der Waals surface area contributed by atoms with E-state index >= 15 is 0 Å². The minimum absolute atomic E-state index is 0.209. The van der Waals surface area contributed by atoms with Crippen molar-refractivity contribution in [2.45, 2.75) is 33.2 Å². The highest BCUT2D eigenvalue weighted by molar-refractivity contribution is 6.03. The Balaban J connectivity index is 1.98. The molecule has 126 valence electrons. The summed E-state index contributed by atoms with van der Waals surface area (Å²) in [5.41, 5.74) is 3.48. The average Bonchev–Trinajstić information content (AvgIpc) is 2.57. The maximum absolute atomic E-state index is 12.3. The Hall–Kier alpha value is -2.76. The predicted molar refractivity (Wildman–Crippen MR) is 92.4 cm³/mol. The van der Waals surface area contributed by atoms with E-state index in [2.05, 4.69) is 15.3 Å². The summed E-state index contributed by atoms with van der Waals surface area (Å²) in [5.74, 6) is -0.584. The van der Waals surface area contributed by atoms with Crippen LogP contribution in [0.15, 0.2) is 36.8 Å². The zero-order valence-corrected chi connectivity index (χ0v) is 14.4. The molecule has 0 aliphatic heterocycles. The first-order chi connectivity index (χ1) is 11.4. The second-order valence-corrected chi connectivity index (χ2v) is 5.86. The van der Waals surface area contributed by atoms with Crippen LogP contribution in [0.3, 0.4) is 0 Å². The SMILES string of the molecule is Cc1ccc(C)c(NC(=O)CC(=O)N(C)C(C)c2ccncn2)c1. The van der Waals surface area contributed by atoms with Crippen LogP contribution in [-0.2, 0) is 9.59 Å². The van der Waals surface area contributed by atoms with E-state index in [1.165, 1.54) is 11.2 Å². The van der Waals surface area contributed by atoms with Gasteiger partial charge in [0.15, 0.2) is 0 Å². The van der Waals surface area contributed by atoms with Gasteiger partial charge in [0.05, 0.1) is 11.7 Å². The highest BCUT2D eigenvalue weighted by atomic mass is 16.2. The summed E-state index contributed by atoms with van der Waals surface area (Å²) in [4.78, 5) is 34.0.